The van der Waals surface area contributed by atoms with Crippen LogP contribution in [0, 0.1) is 0 Å². The quantitative estimate of drug-likeness (QED) is 0.856. The van der Waals surface area contributed by atoms with Gasteiger partial charge in [0.05, 0.1) is 0 Å². The van der Waals surface area contributed by atoms with E-state index in [1.807, 2.05) is 36.4 Å². The second-order valence-electron chi connectivity index (χ2n) is 6.13. The molecule has 0 atom stereocenters. The van der Waals surface area contributed by atoms with Gasteiger partial charge in [0, 0.05) is 22.7 Å². The molecule has 2 nitrogen and oxygen atoms in total. The summed E-state index contributed by atoms with van der Waals surface area (Å²) in [4.78, 5) is 0. The lowest BCUT2D eigenvalue weighted by Crippen LogP contribution is -2.34. The van der Waals surface area contributed by atoms with Gasteiger partial charge in [-0.25, -0.2) is 0 Å². The van der Waals surface area contributed by atoms with E-state index >= 15 is 0 Å². The first-order chi connectivity index (χ1) is 9.94. The van der Waals surface area contributed by atoms with E-state index in [9.17, 15) is 0 Å². The van der Waals surface area contributed by atoms with Gasteiger partial charge in [-0.1, -0.05) is 41.9 Å². The minimum atomic E-state index is 0.124. The minimum Gasteiger partial charge on any atom is -0.489 e. The van der Waals surface area contributed by atoms with Gasteiger partial charge in [-0.05, 0) is 44.5 Å². The number of halogens is 1. The molecule has 2 aromatic carbocycles. The molecule has 3 heteroatoms. The zero-order chi connectivity index (χ0) is 15.3. The SMILES string of the molecule is CC(C)(C)NCc1ccc(OCc2ccccc2Cl)cc1. The van der Waals surface area contributed by atoms with Gasteiger partial charge in [0.15, 0.2) is 0 Å². The van der Waals surface area contributed by atoms with Crippen LogP contribution in [0.25, 0.3) is 0 Å². The van der Waals surface area contributed by atoms with Crippen molar-refractivity contribution in [3.63, 3.8) is 0 Å². The first-order valence-corrected chi connectivity index (χ1v) is 7.52. The highest BCUT2D eigenvalue weighted by atomic mass is 35.5. The van der Waals surface area contributed by atoms with Crippen LogP contribution in [-0.4, -0.2) is 5.54 Å². The van der Waals surface area contributed by atoms with Crippen molar-refractivity contribution in [1.82, 2.24) is 5.32 Å². The normalized spacial score (nSPS) is 11.4. The van der Waals surface area contributed by atoms with E-state index < -0.39 is 0 Å². The standard InChI is InChI=1S/C18H22ClNO/c1-18(2,3)20-12-14-8-10-16(11-9-14)21-13-15-6-4-5-7-17(15)19/h4-11,20H,12-13H2,1-3H3. The van der Waals surface area contributed by atoms with Crippen LogP contribution in [0.1, 0.15) is 31.9 Å². The molecule has 0 fully saturated rings. The van der Waals surface area contributed by atoms with Crippen molar-refractivity contribution >= 4 is 11.6 Å². The van der Waals surface area contributed by atoms with Crippen LogP contribution in [0.3, 0.4) is 0 Å². The molecule has 2 aromatic rings. The van der Waals surface area contributed by atoms with Crippen LogP contribution in [0.2, 0.25) is 5.02 Å². The number of hydrogen-bond donors (Lipinski definition) is 1. The third-order valence-electron chi connectivity index (χ3n) is 3.10. The van der Waals surface area contributed by atoms with Crippen LogP contribution < -0.4 is 10.1 Å². The van der Waals surface area contributed by atoms with Crippen LogP contribution in [-0.2, 0) is 13.2 Å². The highest BCUT2D eigenvalue weighted by molar-refractivity contribution is 6.31. The largest absolute Gasteiger partial charge is 0.489 e. The maximum absolute atomic E-state index is 6.11. The fraction of sp³-hybridized carbons (Fsp3) is 0.333. The molecule has 0 unspecified atom stereocenters. The Morgan fingerprint density at radius 2 is 1.67 bits per heavy atom. The fourth-order valence-electron chi connectivity index (χ4n) is 1.85. The number of ether oxygens (including phenoxy) is 1. The summed E-state index contributed by atoms with van der Waals surface area (Å²) in [6, 6.07) is 15.9. The molecule has 0 bridgehead atoms. The van der Waals surface area contributed by atoms with Crippen molar-refractivity contribution in [3.8, 4) is 5.75 Å². The molecule has 0 aromatic heterocycles. The number of benzene rings is 2. The van der Waals surface area contributed by atoms with Crippen molar-refractivity contribution in [2.24, 2.45) is 0 Å². The van der Waals surface area contributed by atoms with Gasteiger partial charge in [-0.2, -0.15) is 0 Å². The molecule has 0 saturated carbocycles. The molecule has 112 valence electrons. The predicted octanol–water partition coefficient (Wildman–Crippen LogP) is 4.81. The van der Waals surface area contributed by atoms with Gasteiger partial charge in [0.25, 0.3) is 0 Å². The summed E-state index contributed by atoms with van der Waals surface area (Å²) in [6.07, 6.45) is 0. The summed E-state index contributed by atoms with van der Waals surface area (Å²) in [6.45, 7) is 7.82. The zero-order valence-corrected chi connectivity index (χ0v) is 13.6. The van der Waals surface area contributed by atoms with E-state index in [1.54, 1.807) is 0 Å². The second kappa shape index (κ2) is 6.97. The third kappa shape index (κ3) is 5.41. The first kappa shape index (κ1) is 15.9. The van der Waals surface area contributed by atoms with Gasteiger partial charge in [-0.15, -0.1) is 0 Å². The Hall–Kier alpha value is -1.51. The van der Waals surface area contributed by atoms with Gasteiger partial charge < -0.3 is 10.1 Å². The van der Waals surface area contributed by atoms with Crippen LogP contribution in [0.4, 0.5) is 0 Å². The third-order valence-corrected chi connectivity index (χ3v) is 3.47. The van der Waals surface area contributed by atoms with Gasteiger partial charge in [0.1, 0.15) is 12.4 Å². The number of nitrogens with one attached hydrogen (secondary N) is 1. The van der Waals surface area contributed by atoms with Crippen LogP contribution in [0.5, 0.6) is 5.75 Å². The van der Waals surface area contributed by atoms with E-state index in [1.165, 1.54) is 5.56 Å². The highest BCUT2D eigenvalue weighted by Crippen LogP contribution is 2.19. The molecule has 0 saturated heterocycles. The average Bonchev–Trinajstić information content (AvgIpc) is 2.45. The molecule has 0 spiro atoms. The summed E-state index contributed by atoms with van der Waals surface area (Å²) in [5.74, 6) is 0.856. The lowest BCUT2D eigenvalue weighted by Gasteiger charge is -2.20. The maximum atomic E-state index is 6.11. The molecule has 0 amide bonds. The molecule has 2 rings (SSSR count). The Kier molecular flexibility index (Phi) is 5.27. The zero-order valence-electron chi connectivity index (χ0n) is 12.8. The molecule has 0 aliphatic carbocycles. The highest BCUT2D eigenvalue weighted by Gasteiger charge is 2.08. The van der Waals surface area contributed by atoms with Gasteiger partial charge >= 0.3 is 0 Å². The molecule has 0 aliphatic rings. The summed E-state index contributed by atoms with van der Waals surface area (Å²) in [5.41, 5.74) is 2.37. The number of hydrogen-bond acceptors (Lipinski definition) is 2. The summed E-state index contributed by atoms with van der Waals surface area (Å²) in [7, 11) is 0. The Labute approximate surface area is 132 Å². The minimum absolute atomic E-state index is 0.124. The molecule has 0 radical (unpaired) electrons. The summed E-state index contributed by atoms with van der Waals surface area (Å²) >= 11 is 6.11. The lowest BCUT2D eigenvalue weighted by atomic mass is 10.1. The Morgan fingerprint density at radius 1 is 1.00 bits per heavy atom. The number of rotatable bonds is 5. The molecule has 21 heavy (non-hydrogen) atoms. The molecular formula is C18H22ClNO. The fourth-order valence-corrected chi connectivity index (χ4v) is 2.04. The van der Waals surface area contributed by atoms with Gasteiger partial charge in [0.2, 0.25) is 0 Å². The summed E-state index contributed by atoms with van der Waals surface area (Å²) in [5, 5.41) is 4.20. The molecule has 0 heterocycles. The van der Waals surface area contributed by atoms with Gasteiger partial charge in [-0.3, -0.25) is 0 Å². The van der Waals surface area contributed by atoms with Crippen molar-refractivity contribution in [1.29, 1.82) is 0 Å². The topological polar surface area (TPSA) is 21.3 Å². The smallest absolute Gasteiger partial charge is 0.119 e. The van der Waals surface area contributed by atoms with E-state index in [0.29, 0.717) is 6.61 Å². The molecule has 1 N–H and O–H groups in total. The van der Waals surface area contributed by atoms with Crippen LogP contribution in [0.15, 0.2) is 48.5 Å². The predicted molar refractivity (Wildman–Crippen MR) is 88.8 cm³/mol. The van der Waals surface area contributed by atoms with Crippen molar-refractivity contribution in [2.45, 2.75) is 39.5 Å². The Morgan fingerprint density at radius 3 is 2.29 bits per heavy atom. The van der Waals surface area contributed by atoms with Crippen LogP contribution >= 0.6 is 11.6 Å². The molecule has 0 aliphatic heterocycles. The average molecular weight is 304 g/mol. The monoisotopic (exact) mass is 303 g/mol. The Balaban J connectivity index is 1.89. The second-order valence-corrected chi connectivity index (χ2v) is 6.53. The van der Waals surface area contributed by atoms with Crippen molar-refractivity contribution in [2.75, 3.05) is 0 Å². The summed E-state index contributed by atoms with van der Waals surface area (Å²) < 4.78 is 5.77. The van der Waals surface area contributed by atoms with E-state index in [0.717, 1.165) is 22.9 Å². The maximum Gasteiger partial charge on any atom is 0.119 e. The van der Waals surface area contributed by atoms with Crippen molar-refractivity contribution in [3.05, 3.63) is 64.7 Å². The first-order valence-electron chi connectivity index (χ1n) is 7.14. The Bertz CT molecular complexity index is 573. The molecular weight excluding hydrogens is 282 g/mol. The lowest BCUT2D eigenvalue weighted by molar-refractivity contribution is 0.306. The van der Waals surface area contributed by atoms with E-state index in [-0.39, 0.29) is 5.54 Å². The van der Waals surface area contributed by atoms with E-state index in [4.69, 9.17) is 16.3 Å². The van der Waals surface area contributed by atoms with E-state index in [2.05, 4.69) is 38.2 Å². The van der Waals surface area contributed by atoms with Crippen molar-refractivity contribution < 1.29 is 4.74 Å².